The van der Waals surface area contributed by atoms with Crippen LogP contribution in [0, 0.1) is 0 Å². The molecule has 0 radical (unpaired) electrons. The number of piperidine rings is 1. The van der Waals surface area contributed by atoms with Crippen molar-refractivity contribution in [1.82, 2.24) is 20.1 Å². The first-order chi connectivity index (χ1) is 6.77. The van der Waals surface area contributed by atoms with E-state index in [0.717, 1.165) is 18.9 Å². The monoisotopic (exact) mass is 194 g/mol. The quantitative estimate of drug-likeness (QED) is 0.772. The smallest absolute Gasteiger partial charge is 0.153 e. The summed E-state index contributed by atoms with van der Waals surface area (Å²) in [5.74, 6) is 1.38. The van der Waals surface area contributed by atoms with E-state index in [0.29, 0.717) is 12.0 Å². The third kappa shape index (κ3) is 1.95. The maximum Gasteiger partial charge on any atom is 0.153 e. The molecule has 1 aliphatic heterocycles. The second-order valence-electron chi connectivity index (χ2n) is 4.24. The van der Waals surface area contributed by atoms with Gasteiger partial charge in [-0.25, -0.2) is 9.67 Å². The summed E-state index contributed by atoms with van der Waals surface area (Å²) in [6, 6.07) is 0.503. The van der Waals surface area contributed by atoms with Crippen LogP contribution >= 0.6 is 0 Å². The van der Waals surface area contributed by atoms with Crippen molar-refractivity contribution in [2.24, 2.45) is 0 Å². The molecule has 0 aliphatic carbocycles. The Morgan fingerprint density at radius 3 is 3.00 bits per heavy atom. The summed E-state index contributed by atoms with van der Waals surface area (Å²) in [6.07, 6.45) is 4.32. The Labute approximate surface area is 84.7 Å². The van der Waals surface area contributed by atoms with Gasteiger partial charge in [-0.3, -0.25) is 0 Å². The molecule has 1 aliphatic rings. The van der Waals surface area contributed by atoms with Crippen molar-refractivity contribution in [3.05, 3.63) is 12.2 Å². The molecule has 0 spiro atoms. The first-order valence-electron chi connectivity index (χ1n) is 5.39. The van der Waals surface area contributed by atoms with Crippen LogP contribution in [0.4, 0.5) is 0 Å². The van der Waals surface area contributed by atoms with Gasteiger partial charge < -0.3 is 5.32 Å². The largest absolute Gasteiger partial charge is 0.315 e. The number of nitrogens with one attached hydrogen (secondary N) is 1. The van der Waals surface area contributed by atoms with Gasteiger partial charge in [0, 0.05) is 12.5 Å². The third-order valence-corrected chi connectivity index (χ3v) is 2.69. The molecule has 14 heavy (non-hydrogen) atoms. The minimum Gasteiger partial charge on any atom is -0.315 e. The Morgan fingerprint density at radius 2 is 2.43 bits per heavy atom. The predicted octanol–water partition coefficient (Wildman–Crippen LogP) is 1.33. The second-order valence-corrected chi connectivity index (χ2v) is 4.24. The highest BCUT2D eigenvalue weighted by molar-refractivity contribution is 4.90. The van der Waals surface area contributed by atoms with Crippen LogP contribution in [0.5, 0.6) is 0 Å². The second kappa shape index (κ2) is 4.09. The molecule has 1 aromatic heterocycles. The summed E-state index contributed by atoms with van der Waals surface area (Å²) >= 11 is 0. The van der Waals surface area contributed by atoms with Crippen molar-refractivity contribution in [1.29, 1.82) is 0 Å². The molecule has 1 atom stereocenters. The van der Waals surface area contributed by atoms with Gasteiger partial charge in [0.2, 0.25) is 0 Å². The van der Waals surface area contributed by atoms with Crippen LogP contribution < -0.4 is 5.32 Å². The number of rotatable bonds is 2. The Balaban J connectivity index is 2.07. The molecule has 1 unspecified atom stereocenters. The molecule has 0 amide bonds. The molecule has 78 valence electrons. The Hall–Kier alpha value is -0.900. The standard InChI is InChI=1S/C10H18N4/c1-8(2)10-12-7-14(13-10)9-4-3-5-11-6-9/h7-9,11H,3-6H2,1-2H3. The van der Waals surface area contributed by atoms with E-state index in [1.807, 2.05) is 11.0 Å². The predicted molar refractivity (Wildman–Crippen MR) is 55.3 cm³/mol. The van der Waals surface area contributed by atoms with Crippen LogP contribution in [0.25, 0.3) is 0 Å². The van der Waals surface area contributed by atoms with E-state index in [9.17, 15) is 0 Å². The zero-order chi connectivity index (χ0) is 9.97. The van der Waals surface area contributed by atoms with E-state index >= 15 is 0 Å². The minimum absolute atomic E-state index is 0.424. The fourth-order valence-electron chi connectivity index (χ4n) is 1.79. The zero-order valence-electron chi connectivity index (χ0n) is 8.90. The third-order valence-electron chi connectivity index (χ3n) is 2.69. The van der Waals surface area contributed by atoms with Gasteiger partial charge in [-0.2, -0.15) is 5.10 Å². The minimum atomic E-state index is 0.424. The van der Waals surface area contributed by atoms with Crippen molar-refractivity contribution in [3.63, 3.8) is 0 Å². The van der Waals surface area contributed by atoms with E-state index in [1.54, 1.807) is 0 Å². The fourth-order valence-corrected chi connectivity index (χ4v) is 1.79. The summed E-state index contributed by atoms with van der Waals surface area (Å²) in [5.41, 5.74) is 0. The van der Waals surface area contributed by atoms with Gasteiger partial charge in [0.05, 0.1) is 6.04 Å². The van der Waals surface area contributed by atoms with Gasteiger partial charge >= 0.3 is 0 Å². The van der Waals surface area contributed by atoms with Crippen LogP contribution in [0.15, 0.2) is 6.33 Å². The van der Waals surface area contributed by atoms with Crippen molar-refractivity contribution in [2.45, 2.75) is 38.6 Å². The molecule has 0 bridgehead atoms. The molecular weight excluding hydrogens is 176 g/mol. The van der Waals surface area contributed by atoms with Gasteiger partial charge in [-0.15, -0.1) is 0 Å². The van der Waals surface area contributed by atoms with Gasteiger partial charge in [0.1, 0.15) is 6.33 Å². The van der Waals surface area contributed by atoms with E-state index in [2.05, 4.69) is 29.2 Å². The zero-order valence-corrected chi connectivity index (χ0v) is 8.90. The highest BCUT2D eigenvalue weighted by Gasteiger charge is 2.16. The van der Waals surface area contributed by atoms with Crippen molar-refractivity contribution < 1.29 is 0 Å². The van der Waals surface area contributed by atoms with Crippen LogP contribution in [0.1, 0.15) is 44.5 Å². The van der Waals surface area contributed by atoms with E-state index in [4.69, 9.17) is 0 Å². The van der Waals surface area contributed by atoms with Gasteiger partial charge in [0.15, 0.2) is 5.82 Å². The van der Waals surface area contributed by atoms with E-state index in [1.165, 1.54) is 12.8 Å². The Bertz CT molecular complexity index is 286. The molecule has 0 aromatic carbocycles. The molecule has 1 N–H and O–H groups in total. The normalized spacial score (nSPS) is 22.9. The lowest BCUT2D eigenvalue weighted by molar-refractivity contribution is 0.344. The molecular formula is C10H18N4. The Kier molecular flexibility index (Phi) is 2.82. The number of aromatic nitrogens is 3. The molecule has 1 aromatic rings. The fraction of sp³-hybridized carbons (Fsp3) is 0.800. The molecule has 4 nitrogen and oxygen atoms in total. The summed E-state index contributed by atoms with van der Waals surface area (Å²) < 4.78 is 2.02. The average molecular weight is 194 g/mol. The molecule has 4 heteroatoms. The van der Waals surface area contributed by atoms with Crippen LogP contribution in [0.2, 0.25) is 0 Å². The maximum absolute atomic E-state index is 4.50. The van der Waals surface area contributed by atoms with Crippen LogP contribution in [-0.2, 0) is 0 Å². The SMILES string of the molecule is CC(C)c1ncn(C2CCCNC2)n1. The summed E-state index contributed by atoms with van der Waals surface area (Å²) in [7, 11) is 0. The number of nitrogens with zero attached hydrogens (tertiary/aromatic N) is 3. The van der Waals surface area contributed by atoms with Crippen LogP contribution in [-0.4, -0.2) is 27.9 Å². The first-order valence-corrected chi connectivity index (χ1v) is 5.39. The van der Waals surface area contributed by atoms with Crippen molar-refractivity contribution in [2.75, 3.05) is 13.1 Å². The maximum atomic E-state index is 4.50. The van der Waals surface area contributed by atoms with Crippen molar-refractivity contribution >= 4 is 0 Å². The highest BCUT2D eigenvalue weighted by atomic mass is 15.4. The van der Waals surface area contributed by atoms with Gasteiger partial charge in [-0.05, 0) is 19.4 Å². The summed E-state index contributed by atoms with van der Waals surface area (Å²) in [5, 5.41) is 7.88. The van der Waals surface area contributed by atoms with Crippen LogP contribution in [0.3, 0.4) is 0 Å². The molecule has 2 rings (SSSR count). The highest BCUT2D eigenvalue weighted by Crippen LogP contribution is 2.16. The molecule has 1 saturated heterocycles. The molecule has 0 saturated carbocycles. The lowest BCUT2D eigenvalue weighted by Crippen LogP contribution is -2.31. The topological polar surface area (TPSA) is 42.7 Å². The average Bonchev–Trinajstić information content (AvgIpc) is 2.68. The van der Waals surface area contributed by atoms with Crippen molar-refractivity contribution in [3.8, 4) is 0 Å². The van der Waals surface area contributed by atoms with Gasteiger partial charge in [0.25, 0.3) is 0 Å². The summed E-state index contributed by atoms with van der Waals surface area (Å²) in [4.78, 5) is 4.31. The van der Waals surface area contributed by atoms with Gasteiger partial charge in [-0.1, -0.05) is 13.8 Å². The number of hydrogen-bond donors (Lipinski definition) is 1. The Morgan fingerprint density at radius 1 is 1.57 bits per heavy atom. The van der Waals surface area contributed by atoms with E-state index < -0.39 is 0 Å². The first kappa shape index (κ1) is 9.65. The lowest BCUT2D eigenvalue weighted by atomic mass is 10.1. The van der Waals surface area contributed by atoms with E-state index in [-0.39, 0.29) is 0 Å². The lowest BCUT2D eigenvalue weighted by Gasteiger charge is -2.22. The molecule has 2 heterocycles. The number of hydrogen-bond acceptors (Lipinski definition) is 3. The molecule has 1 fully saturated rings. The summed E-state index contributed by atoms with van der Waals surface area (Å²) in [6.45, 7) is 6.42.